The van der Waals surface area contributed by atoms with Crippen molar-refractivity contribution in [3.63, 3.8) is 0 Å². The van der Waals surface area contributed by atoms with E-state index in [1.165, 1.54) is 7.05 Å². The lowest BCUT2D eigenvalue weighted by Crippen LogP contribution is -2.46. The number of rotatable bonds is 3. The predicted molar refractivity (Wildman–Crippen MR) is 103 cm³/mol. The number of halogens is 3. The molecule has 1 amide bonds. The van der Waals surface area contributed by atoms with Gasteiger partial charge in [0.1, 0.15) is 22.7 Å². The monoisotopic (exact) mass is 413 g/mol. The fraction of sp³-hybridized carbons (Fsp3) is 0.333. The van der Waals surface area contributed by atoms with Crippen molar-refractivity contribution >= 4 is 39.8 Å². The third-order valence-electron chi connectivity index (χ3n) is 4.37. The Morgan fingerprint density at radius 1 is 1.33 bits per heavy atom. The van der Waals surface area contributed by atoms with E-state index in [9.17, 15) is 17.8 Å². The second-order valence-electron chi connectivity index (χ2n) is 6.46. The van der Waals surface area contributed by atoms with Gasteiger partial charge in [0.15, 0.2) is 5.82 Å². The fourth-order valence-electron chi connectivity index (χ4n) is 3.08. The molecular formula is C18H18ClF2N3O2S. The van der Waals surface area contributed by atoms with Crippen molar-refractivity contribution in [2.24, 2.45) is 0 Å². The van der Waals surface area contributed by atoms with Crippen LogP contribution in [-0.2, 0) is 15.6 Å². The molecular weight excluding hydrogens is 396 g/mol. The van der Waals surface area contributed by atoms with Crippen LogP contribution in [0, 0.1) is 25.5 Å². The average Bonchev–Trinajstić information content (AvgIpc) is 2.99. The van der Waals surface area contributed by atoms with Gasteiger partial charge in [0.05, 0.1) is 17.3 Å². The number of hydrogen-bond donors (Lipinski definition) is 0. The van der Waals surface area contributed by atoms with E-state index in [0.29, 0.717) is 5.82 Å². The Labute approximate surface area is 163 Å². The van der Waals surface area contributed by atoms with Crippen LogP contribution in [0.3, 0.4) is 0 Å². The molecule has 0 spiro atoms. The van der Waals surface area contributed by atoms with E-state index >= 15 is 0 Å². The number of aromatic nitrogens is 1. The van der Waals surface area contributed by atoms with Crippen molar-refractivity contribution < 1.29 is 17.8 Å². The Kier molecular flexibility index (Phi) is 5.48. The summed E-state index contributed by atoms with van der Waals surface area (Å²) in [5, 5.41) is -0.671. The highest BCUT2D eigenvalue weighted by Gasteiger charge is 2.38. The molecule has 9 heteroatoms. The van der Waals surface area contributed by atoms with E-state index in [1.54, 1.807) is 4.90 Å². The van der Waals surface area contributed by atoms with Crippen LogP contribution in [0.15, 0.2) is 24.3 Å². The molecule has 27 heavy (non-hydrogen) atoms. The summed E-state index contributed by atoms with van der Waals surface area (Å²) >= 11 is 5.62. The van der Waals surface area contributed by atoms with Crippen molar-refractivity contribution in [2.75, 3.05) is 28.5 Å². The first-order valence-electron chi connectivity index (χ1n) is 8.17. The molecule has 1 aliphatic heterocycles. The Bertz CT molecular complexity index is 921. The number of carbonyl (C=O) groups is 1. The van der Waals surface area contributed by atoms with Gasteiger partial charge >= 0.3 is 0 Å². The molecule has 1 aliphatic rings. The van der Waals surface area contributed by atoms with Crippen molar-refractivity contribution in [1.29, 1.82) is 0 Å². The Hall–Kier alpha value is -2.06. The zero-order valence-electron chi connectivity index (χ0n) is 15.0. The molecule has 1 aromatic carbocycles. The molecule has 0 saturated carbocycles. The molecule has 1 fully saturated rings. The number of aryl methyl sites for hydroxylation is 2. The minimum atomic E-state index is -1.25. The summed E-state index contributed by atoms with van der Waals surface area (Å²) in [5.41, 5.74) is 1.60. The summed E-state index contributed by atoms with van der Waals surface area (Å²) in [4.78, 5) is 20.2. The van der Waals surface area contributed by atoms with Crippen LogP contribution in [0.5, 0.6) is 0 Å². The fourth-order valence-corrected chi connectivity index (χ4v) is 4.64. The smallest absolute Gasteiger partial charge is 0.250 e. The summed E-state index contributed by atoms with van der Waals surface area (Å²) in [5.74, 6) is -1.57. The van der Waals surface area contributed by atoms with E-state index in [0.717, 1.165) is 28.3 Å². The Balaban J connectivity index is 1.94. The van der Waals surface area contributed by atoms with Gasteiger partial charge in [0, 0.05) is 23.5 Å². The Morgan fingerprint density at radius 3 is 2.70 bits per heavy atom. The molecule has 0 bridgehead atoms. The number of anilines is 2. The number of pyridine rings is 1. The molecule has 2 atom stereocenters. The van der Waals surface area contributed by atoms with Crippen LogP contribution >= 0.6 is 11.6 Å². The highest BCUT2D eigenvalue weighted by Crippen LogP contribution is 2.30. The number of likely N-dealkylation sites (N-methyl/N-ethyl adjacent to an activating group) is 1. The number of amides is 1. The molecule has 2 heterocycles. The average molecular weight is 414 g/mol. The van der Waals surface area contributed by atoms with Gasteiger partial charge in [-0.05, 0) is 43.7 Å². The first-order valence-corrected chi connectivity index (χ1v) is 10.0. The number of benzene rings is 1. The van der Waals surface area contributed by atoms with Crippen molar-refractivity contribution in [2.45, 2.75) is 19.9 Å². The van der Waals surface area contributed by atoms with E-state index in [2.05, 4.69) is 4.98 Å². The standard InChI is InChI=1S/C18H18ClF2N3O2S/c1-10-6-11(2)22-15(7-10)24-9-27(26)8-14(24)18(25)23(3)13-5-4-12(20)16(19)17(13)21/h4-7,14H,8-9H2,1-3H3/t14-,27?/m0/s1. The first-order chi connectivity index (χ1) is 12.7. The van der Waals surface area contributed by atoms with Gasteiger partial charge in [-0.15, -0.1) is 0 Å². The lowest BCUT2D eigenvalue weighted by molar-refractivity contribution is -0.119. The number of carbonyl (C=O) groups excluding carboxylic acids is 1. The minimum Gasteiger partial charge on any atom is -0.332 e. The Morgan fingerprint density at radius 2 is 2.04 bits per heavy atom. The summed E-state index contributed by atoms with van der Waals surface area (Å²) < 4.78 is 39.9. The molecule has 1 aromatic heterocycles. The summed E-state index contributed by atoms with van der Waals surface area (Å²) in [7, 11) is 0.133. The van der Waals surface area contributed by atoms with Gasteiger partial charge in [-0.2, -0.15) is 0 Å². The van der Waals surface area contributed by atoms with Crippen LogP contribution in [-0.4, -0.2) is 39.8 Å². The largest absolute Gasteiger partial charge is 0.332 e. The molecule has 0 N–H and O–H groups in total. The van der Waals surface area contributed by atoms with Crippen LogP contribution in [0.25, 0.3) is 0 Å². The lowest BCUT2D eigenvalue weighted by Gasteiger charge is -2.28. The summed E-state index contributed by atoms with van der Waals surface area (Å²) in [6, 6.07) is 5.09. The molecule has 5 nitrogen and oxygen atoms in total. The molecule has 1 unspecified atom stereocenters. The number of hydrogen-bond acceptors (Lipinski definition) is 4. The van der Waals surface area contributed by atoms with E-state index in [1.807, 2.05) is 26.0 Å². The van der Waals surface area contributed by atoms with Gasteiger partial charge in [0.25, 0.3) is 5.91 Å². The van der Waals surface area contributed by atoms with Gasteiger partial charge < -0.3 is 9.80 Å². The van der Waals surface area contributed by atoms with Crippen molar-refractivity contribution in [3.8, 4) is 0 Å². The van der Waals surface area contributed by atoms with Gasteiger partial charge in [-0.3, -0.25) is 9.00 Å². The van der Waals surface area contributed by atoms with E-state index < -0.39 is 39.4 Å². The third-order valence-corrected chi connectivity index (χ3v) is 5.97. The van der Waals surface area contributed by atoms with Crippen LogP contribution < -0.4 is 9.80 Å². The maximum absolute atomic E-state index is 14.3. The maximum atomic E-state index is 14.3. The summed E-state index contributed by atoms with van der Waals surface area (Å²) in [6.45, 7) is 3.74. The van der Waals surface area contributed by atoms with E-state index in [-0.39, 0.29) is 17.3 Å². The third kappa shape index (κ3) is 3.82. The molecule has 144 valence electrons. The molecule has 2 aromatic rings. The summed E-state index contributed by atoms with van der Waals surface area (Å²) in [6.07, 6.45) is 0. The molecule has 1 saturated heterocycles. The van der Waals surface area contributed by atoms with E-state index in [4.69, 9.17) is 11.6 Å². The van der Waals surface area contributed by atoms with Gasteiger partial charge in [-0.25, -0.2) is 13.8 Å². The van der Waals surface area contributed by atoms with Crippen molar-refractivity contribution in [3.05, 3.63) is 52.2 Å². The zero-order valence-corrected chi connectivity index (χ0v) is 16.6. The molecule has 3 rings (SSSR count). The second kappa shape index (κ2) is 7.52. The second-order valence-corrected chi connectivity index (χ2v) is 8.31. The van der Waals surface area contributed by atoms with Crippen LogP contribution in [0.2, 0.25) is 5.02 Å². The highest BCUT2D eigenvalue weighted by molar-refractivity contribution is 7.85. The molecule has 0 radical (unpaired) electrons. The minimum absolute atomic E-state index is 0.106. The predicted octanol–water partition coefficient (Wildman–Crippen LogP) is 3.19. The van der Waals surface area contributed by atoms with Gasteiger partial charge in [-0.1, -0.05) is 11.6 Å². The highest BCUT2D eigenvalue weighted by atomic mass is 35.5. The van der Waals surface area contributed by atoms with Crippen LogP contribution in [0.4, 0.5) is 20.3 Å². The van der Waals surface area contributed by atoms with Crippen LogP contribution in [0.1, 0.15) is 11.3 Å². The first kappa shape index (κ1) is 19.7. The SMILES string of the molecule is Cc1cc(C)nc(N2CS(=O)C[C@H]2C(=O)N(C)c2ccc(F)c(Cl)c2F)c1. The van der Waals surface area contributed by atoms with Gasteiger partial charge in [0.2, 0.25) is 0 Å². The number of nitrogens with zero attached hydrogens (tertiary/aromatic N) is 3. The normalized spacial score (nSPS) is 19.4. The zero-order chi connectivity index (χ0) is 19.9. The lowest BCUT2D eigenvalue weighted by atomic mass is 10.2. The topological polar surface area (TPSA) is 53.5 Å². The molecule has 0 aliphatic carbocycles. The maximum Gasteiger partial charge on any atom is 0.250 e. The quantitative estimate of drug-likeness (QED) is 0.725. The van der Waals surface area contributed by atoms with Crippen molar-refractivity contribution in [1.82, 2.24) is 4.98 Å².